The van der Waals surface area contributed by atoms with E-state index in [-0.39, 0.29) is 21.7 Å². The van der Waals surface area contributed by atoms with E-state index in [1.54, 1.807) is 26.0 Å². The van der Waals surface area contributed by atoms with Gasteiger partial charge in [-0.15, -0.1) is 0 Å². The highest BCUT2D eigenvalue weighted by molar-refractivity contribution is 7.92. The third kappa shape index (κ3) is 4.02. The van der Waals surface area contributed by atoms with Crippen LogP contribution in [0.5, 0.6) is 0 Å². The lowest BCUT2D eigenvalue weighted by atomic mass is 10.1. The minimum atomic E-state index is -3.98. The molecule has 2 rings (SSSR count). The van der Waals surface area contributed by atoms with Crippen molar-refractivity contribution in [2.75, 3.05) is 18.9 Å². The lowest BCUT2D eigenvalue weighted by molar-refractivity contribution is 0.0591. The number of carbonyl (C=O) groups is 2. The number of methoxy groups -OCH3 is 2. The van der Waals surface area contributed by atoms with Crippen LogP contribution in [0.15, 0.2) is 41.3 Å². The molecule has 0 fully saturated rings. The van der Waals surface area contributed by atoms with Gasteiger partial charge in [-0.25, -0.2) is 18.0 Å². The quantitative estimate of drug-likeness (QED) is 0.805. The number of hydrogen-bond donors (Lipinski definition) is 1. The number of sulfonamides is 1. The number of aryl methyl sites for hydroxylation is 2. The van der Waals surface area contributed by atoms with Gasteiger partial charge in [0.15, 0.2) is 0 Å². The van der Waals surface area contributed by atoms with Crippen molar-refractivity contribution in [3.05, 3.63) is 58.7 Å². The van der Waals surface area contributed by atoms with Crippen molar-refractivity contribution in [3.63, 3.8) is 0 Å². The molecular formula is C18H19NO6S. The van der Waals surface area contributed by atoms with E-state index in [1.807, 2.05) is 0 Å². The summed E-state index contributed by atoms with van der Waals surface area (Å²) in [5.41, 5.74) is 1.85. The zero-order valence-corrected chi connectivity index (χ0v) is 15.6. The molecule has 2 aromatic rings. The molecule has 0 saturated carbocycles. The van der Waals surface area contributed by atoms with Gasteiger partial charge in [0, 0.05) is 0 Å². The maximum atomic E-state index is 12.7. The number of nitrogens with one attached hydrogen (secondary N) is 1. The summed E-state index contributed by atoms with van der Waals surface area (Å²) in [5.74, 6) is -1.20. The van der Waals surface area contributed by atoms with Gasteiger partial charge in [0.05, 0.1) is 35.9 Å². The number of benzene rings is 2. The van der Waals surface area contributed by atoms with Crippen LogP contribution in [0.4, 0.5) is 5.69 Å². The van der Waals surface area contributed by atoms with E-state index in [2.05, 4.69) is 14.2 Å². The molecule has 0 unspecified atom stereocenters. The molecule has 26 heavy (non-hydrogen) atoms. The molecular weight excluding hydrogens is 358 g/mol. The summed E-state index contributed by atoms with van der Waals surface area (Å²) < 4.78 is 37.2. The minimum absolute atomic E-state index is 0.0913. The van der Waals surface area contributed by atoms with E-state index < -0.39 is 22.0 Å². The Balaban J connectivity index is 2.44. The Hall–Kier alpha value is -2.87. The van der Waals surface area contributed by atoms with Crippen LogP contribution in [0, 0.1) is 13.8 Å². The molecule has 2 aromatic carbocycles. The average Bonchev–Trinajstić information content (AvgIpc) is 2.62. The standard InChI is InChI=1S/C18H19NO6S/c1-11-6-8-14(10-15(11)18(21)25-4)26(22,23)19-16-9-13(17(20)24-3)7-5-12(16)2/h5-10,19H,1-4H3. The molecule has 0 aromatic heterocycles. The first-order valence-corrected chi connectivity index (χ1v) is 9.08. The Morgan fingerprint density at radius 1 is 0.885 bits per heavy atom. The fourth-order valence-corrected chi connectivity index (χ4v) is 3.43. The van der Waals surface area contributed by atoms with Crippen LogP contribution in [-0.2, 0) is 19.5 Å². The molecule has 0 amide bonds. The fourth-order valence-electron chi connectivity index (χ4n) is 2.28. The summed E-state index contributed by atoms with van der Waals surface area (Å²) in [6.45, 7) is 3.38. The van der Waals surface area contributed by atoms with E-state index in [9.17, 15) is 18.0 Å². The monoisotopic (exact) mass is 377 g/mol. The molecule has 0 spiro atoms. The predicted octanol–water partition coefficient (Wildman–Crippen LogP) is 2.68. The van der Waals surface area contributed by atoms with E-state index in [0.29, 0.717) is 11.1 Å². The second kappa shape index (κ2) is 7.57. The summed E-state index contributed by atoms with van der Waals surface area (Å²) in [4.78, 5) is 23.4. The first-order valence-electron chi connectivity index (χ1n) is 7.60. The molecule has 0 heterocycles. The SMILES string of the molecule is COC(=O)c1ccc(C)c(NS(=O)(=O)c2ccc(C)c(C(=O)OC)c2)c1. The highest BCUT2D eigenvalue weighted by atomic mass is 32.2. The van der Waals surface area contributed by atoms with Crippen molar-refractivity contribution >= 4 is 27.6 Å². The van der Waals surface area contributed by atoms with Crippen LogP contribution in [0.2, 0.25) is 0 Å². The van der Waals surface area contributed by atoms with Crippen LogP contribution < -0.4 is 4.72 Å². The molecule has 0 bridgehead atoms. The molecule has 8 heteroatoms. The van der Waals surface area contributed by atoms with Crippen LogP contribution in [0.3, 0.4) is 0 Å². The predicted molar refractivity (Wildman–Crippen MR) is 95.8 cm³/mol. The smallest absolute Gasteiger partial charge is 0.338 e. The van der Waals surface area contributed by atoms with E-state index >= 15 is 0 Å². The van der Waals surface area contributed by atoms with Crippen molar-refractivity contribution < 1.29 is 27.5 Å². The Bertz CT molecular complexity index is 966. The number of rotatable bonds is 5. The van der Waals surface area contributed by atoms with Crippen molar-refractivity contribution in [3.8, 4) is 0 Å². The highest BCUT2D eigenvalue weighted by Gasteiger charge is 2.20. The lowest BCUT2D eigenvalue weighted by Crippen LogP contribution is -2.16. The highest BCUT2D eigenvalue weighted by Crippen LogP contribution is 2.23. The molecule has 1 N–H and O–H groups in total. The zero-order chi connectivity index (χ0) is 19.5. The van der Waals surface area contributed by atoms with Gasteiger partial charge in [-0.05, 0) is 49.2 Å². The van der Waals surface area contributed by atoms with Gasteiger partial charge in [0.25, 0.3) is 10.0 Å². The topological polar surface area (TPSA) is 98.8 Å². The van der Waals surface area contributed by atoms with Crippen LogP contribution in [0.1, 0.15) is 31.8 Å². The number of hydrogen-bond acceptors (Lipinski definition) is 6. The fraction of sp³-hybridized carbons (Fsp3) is 0.222. The lowest BCUT2D eigenvalue weighted by Gasteiger charge is -2.13. The minimum Gasteiger partial charge on any atom is -0.465 e. The normalized spacial score (nSPS) is 10.9. The Labute approximate surface area is 152 Å². The summed E-state index contributed by atoms with van der Waals surface area (Å²) in [7, 11) is -1.51. The van der Waals surface area contributed by atoms with Crippen molar-refractivity contribution in [2.45, 2.75) is 18.7 Å². The second-order valence-corrected chi connectivity index (χ2v) is 7.28. The number of carbonyl (C=O) groups excluding carboxylic acids is 2. The second-order valence-electron chi connectivity index (χ2n) is 5.60. The number of ether oxygens (including phenoxy) is 2. The van der Waals surface area contributed by atoms with Gasteiger partial charge in [-0.1, -0.05) is 12.1 Å². The first-order chi connectivity index (χ1) is 12.2. The summed E-state index contributed by atoms with van der Waals surface area (Å²) >= 11 is 0. The molecule has 138 valence electrons. The van der Waals surface area contributed by atoms with Gasteiger partial charge < -0.3 is 9.47 Å². The summed E-state index contributed by atoms with van der Waals surface area (Å²) in [5, 5.41) is 0. The number of esters is 2. The molecule has 0 aliphatic carbocycles. The molecule has 0 saturated heterocycles. The Morgan fingerprint density at radius 2 is 1.50 bits per heavy atom. The zero-order valence-electron chi connectivity index (χ0n) is 14.8. The van der Waals surface area contributed by atoms with Crippen LogP contribution in [-0.4, -0.2) is 34.6 Å². The Morgan fingerprint density at radius 3 is 2.12 bits per heavy atom. The van der Waals surface area contributed by atoms with Gasteiger partial charge in [-0.3, -0.25) is 4.72 Å². The van der Waals surface area contributed by atoms with Crippen molar-refractivity contribution in [1.29, 1.82) is 0 Å². The van der Waals surface area contributed by atoms with Crippen LogP contribution >= 0.6 is 0 Å². The molecule has 0 aliphatic rings. The summed E-state index contributed by atoms with van der Waals surface area (Å²) in [6, 6.07) is 8.72. The molecule has 0 radical (unpaired) electrons. The molecule has 0 aliphatic heterocycles. The van der Waals surface area contributed by atoms with Gasteiger partial charge >= 0.3 is 11.9 Å². The van der Waals surface area contributed by atoms with Gasteiger partial charge in [-0.2, -0.15) is 0 Å². The van der Waals surface area contributed by atoms with E-state index in [4.69, 9.17) is 0 Å². The van der Waals surface area contributed by atoms with Crippen molar-refractivity contribution in [1.82, 2.24) is 0 Å². The first kappa shape index (κ1) is 19.5. The van der Waals surface area contributed by atoms with Gasteiger partial charge in [0.2, 0.25) is 0 Å². The van der Waals surface area contributed by atoms with E-state index in [1.165, 1.54) is 38.5 Å². The molecule has 0 atom stereocenters. The third-order valence-corrected chi connectivity index (χ3v) is 5.19. The maximum Gasteiger partial charge on any atom is 0.338 e. The van der Waals surface area contributed by atoms with Crippen molar-refractivity contribution in [2.24, 2.45) is 0 Å². The number of anilines is 1. The average molecular weight is 377 g/mol. The summed E-state index contributed by atoms with van der Waals surface area (Å²) in [6.07, 6.45) is 0. The Kier molecular flexibility index (Phi) is 5.66. The third-order valence-electron chi connectivity index (χ3n) is 3.83. The maximum absolute atomic E-state index is 12.7. The van der Waals surface area contributed by atoms with Crippen LogP contribution in [0.25, 0.3) is 0 Å². The largest absolute Gasteiger partial charge is 0.465 e. The van der Waals surface area contributed by atoms with Gasteiger partial charge in [0.1, 0.15) is 0 Å². The van der Waals surface area contributed by atoms with E-state index in [0.717, 1.165) is 0 Å². The molecule has 7 nitrogen and oxygen atoms in total.